The molecule has 1 aromatic carbocycles. The molecule has 8 nitrogen and oxygen atoms in total. The van der Waals surface area contributed by atoms with E-state index in [-0.39, 0.29) is 11.9 Å². The van der Waals surface area contributed by atoms with E-state index in [9.17, 15) is 4.39 Å². The molecule has 1 N–H and O–H groups in total. The summed E-state index contributed by atoms with van der Waals surface area (Å²) in [6.45, 7) is 0.873. The molecule has 0 amide bonds. The smallest absolute Gasteiger partial charge is 0.210 e. The number of halogens is 1. The minimum Gasteiger partial charge on any atom is -0.493 e. The molecule has 3 heterocycles. The highest BCUT2D eigenvalue weighted by atomic mass is 19.1. The van der Waals surface area contributed by atoms with Gasteiger partial charge in [-0.25, -0.2) is 13.8 Å². The Hall–Kier alpha value is -2.94. The topological polar surface area (TPSA) is 82.8 Å². The van der Waals surface area contributed by atoms with Crippen LogP contribution in [-0.4, -0.2) is 45.5 Å². The second kappa shape index (κ2) is 8.06. The van der Waals surface area contributed by atoms with Crippen LogP contribution in [0.3, 0.4) is 0 Å². The number of hydrogen-bond acceptors (Lipinski definition) is 7. The minimum atomic E-state index is -0.252. The van der Waals surface area contributed by atoms with Crippen LogP contribution >= 0.6 is 0 Å². The van der Waals surface area contributed by atoms with Crippen molar-refractivity contribution in [2.45, 2.75) is 50.9 Å². The van der Waals surface area contributed by atoms with E-state index >= 15 is 0 Å². The molecule has 158 valence electrons. The van der Waals surface area contributed by atoms with Crippen molar-refractivity contribution in [3.8, 4) is 11.5 Å². The third kappa shape index (κ3) is 3.54. The first-order chi connectivity index (χ1) is 14.7. The number of benzene rings is 1. The van der Waals surface area contributed by atoms with Crippen LogP contribution in [0.2, 0.25) is 0 Å². The van der Waals surface area contributed by atoms with Crippen LogP contribution < -0.4 is 14.8 Å². The number of fused-ring (bicyclic) bond motifs is 2. The number of methoxy groups -OCH3 is 1. The van der Waals surface area contributed by atoms with Gasteiger partial charge in [0.1, 0.15) is 17.9 Å². The number of hydrogen-bond donors (Lipinski definition) is 1. The van der Waals surface area contributed by atoms with Crippen molar-refractivity contribution in [2.75, 3.05) is 19.0 Å². The SMILES string of the molecule is COC1CCC(Oc2cnc(NCc3c(F)ccc4c3CCO4)n3cnnc23)CC1. The lowest BCUT2D eigenvalue weighted by molar-refractivity contribution is 0.0329. The Labute approximate surface area is 173 Å². The van der Waals surface area contributed by atoms with Gasteiger partial charge in [-0.2, -0.15) is 0 Å². The molecule has 1 saturated carbocycles. The zero-order valence-electron chi connectivity index (χ0n) is 16.8. The summed E-state index contributed by atoms with van der Waals surface area (Å²) in [4.78, 5) is 4.48. The first-order valence-electron chi connectivity index (χ1n) is 10.3. The maximum Gasteiger partial charge on any atom is 0.210 e. The summed E-state index contributed by atoms with van der Waals surface area (Å²) in [5.41, 5.74) is 2.10. The number of ether oxygens (including phenoxy) is 3. The van der Waals surface area contributed by atoms with Crippen molar-refractivity contribution in [3.63, 3.8) is 0 Å². The van der Waals surface area contributed by atoms with Crippen LogP contribution in [0.4, 0.5) is 10.3 Å². The predicted molar refractivity (Wildman–Crippen MR) is 107 cm³/mol. The van der Waals surface area contributed by atoms with E-state index in [0.717, 1.165) is 37.0 Å². The fourth-order valence-electron chi connectivity index (χ4n) is 4.25. The van der Waals surface area contributed by atoms with Gasteiger partial charge in [0.05, 0.1) is 25.0 Å². The molecule has 0 bridgehead atoms. The molecule has 2 aliphatic rings. The highest BCUT2D eigenvalue weighted by Crippen LogP contribution is 2.31. The van der Waals surface area contributed by atoms with Crippen LogP contribution in [0, 0.1) is 5.82 Å². The highest BCUT2D eigenvalue weighted by Gasteiger charge is 2.24. The summed E-state index contributed by atoms with van der Waals surface area (Å²) in [6, 6.07) is 3.13. The Bertz CT molecular complexity index is 1050. The largest absolute Gasteiger partial charge is 0.493 e. The van der Waals surface area contributed by atoms with Crippen LogP contribution in [0.5, 0.6) is 11.5 Å². The van der Waals surface area contributed by atoms with Crippen molar-refractivity contribution in [2.24, 2.45) is 0 Å². The van der Waals surface area contributed by atoms with Crippen molar-refractivity contribution in [1.82, 2.24) is 19.6 Å². The van der Waals surface area contributed by atoms with E-state index in [1.54, 1.807) is 30.1 Å². The summed E-state index contributed by atoms with van der Waals surface area (Å²) in [5, 5.41) is 11.4. The van der Waals surface area contributed by atoms with Crippen LogP contribution in [0.25, 0.3) is 5.65 Å². The molecule has 1 aliphatic heterocycles. The van der Waals surface area contributed by atoms with Gasteiger partial charge < -0.3 is 19.5 Å². The summed E-state index contributed by atoms with van der Waals surface area (Å²) in [5.74, 6) is 1.63. The molecular weight excluding hydrogens is 389 g/mol. The molecule has 0 atom stereocenters. The van der Waals surface area contributed by atoms with Gasteiger partial charge >= 0.3 is 0 Å². The summed E-state index contributed by atoms with van der Waals surface area (Å²) in [6.07, 6.45) is 8.18. The Kier molecular flexibility index (Phi) is 5.12. The standard InChI is InChI=1S/C21H24FN5O3/c1-28-13-2-4-14(5-3-13)30-19-11-24-21(27-12-25-26-20(19)27)23-10-16-15-8-9-29-18(15)7-6-17(16)22/h6-7,11-14H,2-5,8-10H2,1H3,(H,23,24). The zero-order chi connectivity index (χ0) is 20.5. The van der Waals surface area contributed by atoms with Gasteiger partial charge in [-0.3, -0.25) is 0 Å². The molecule has 5 rings (SSSR count). The van der Waals surface area contributed by atoms with E-state index in [1.165, 1.54) is 6.07 Å². The Morgan fingerprint density at radius 2 is 2.07 bits per heavy atom. The van der Waals surface area contributed by atoms with Gasteiger partial charge in [0.25, 0.3) is 0 Å². The van der Waals surface area contributed by atoms with E-state index in [0.29, 0.717) is 48.6 Å². The average Bonchev–Trinajstić information content (AvgIpc) is 3.45. The Balaban J connectivity index is 1.33. The summed E-state index contributed by atoms with van der Waals surface area (Å²) in [7, 11) is 1.75. The van der Waals surface area contributed by atoms with Crippen molar-refractivity contribution in [3.05, 3.63) is 41.6 Å². The highest BCUT2D eigenvalue weighted by molar-refractivity contribution is 5.56. The van der Waals surface area contributed by atoms with Gasteiger partial charge in [-0.1, -0.05) is 0 Å². The van der Waals surface area contributed by atoms with Crippen molar-refractivity contribution in [1.29, 1.82) is 0 Å². The molecule has 9 heteroatoms. The average molecular weight is 413 g/mol. The molecule has 30 heavy (non-hydrogen) atoms. The van der Waals surface area contributed by atoms with E-state index in [1.807, 2.05) is 0 Å². The molecule has 3 aromatic rings. The lowest BCUT2D eigenvalue weighted by atomic mass is 9.95. The fourth-order valence-corrected chi connectivity index (χ4v) is 4.25. The van der Waals surface area contributed by atoms with E-state index < -0.39 is 0 Å². The molecule has 1 aliphatic carbocycles. The first kappa shape index (κ1) is 19.0. The number of anilines is 1. The number of nitrogens with one attached hydrogen (secondary N) is 1. The van der Waals surface area contributed by atoms with E-state index in [2.05, 4.69) is 20.5 Å². The molecule has 0 radical (unpaired) electrons. The van der Waals surface area contributed by atoms with Gasteiger partial charge in [-0.05, 0) is 37.8 Å². The maximum atomic E-state index is 14.4. The fraction of sp³-hybridized carbons (Fsp3) is 0.476. The van der Waals surface area contributed by atoms with Gasteiger partial charge in [0.15, 0.2) is 5.75 Å². The van der Waals surface area contributed by atoms with Gasteiger partial charge in [-0.15, -0.1) is 10.2 Å². The Morgan fingerprint density at radius 1 is 1.23 bits per heavy atom. The molecular formula is C21H24FN5O3. The molecule has 1 fully saturated rings. The van der Waals surface area contributed by atoms with Crippen LogP contribution in [-0.2, 0) is 17.7 Å². The van der Waals surface area contributed by atoms with E-state index in [4.69, 9.17) is 14.2 Å². The number of aromatic nitrogens is 4. The second-order valence-corrected chi connectivity index (χ2v) is 7.68. The summed E-state index contributed by atoms with van der Waals surface area (Å²) < 4.78 is 33.3. The first-order valence-corrected chi connectivity index (χ1v) is 10.3. The maximum absolute atomic E-state index is 14.4. The number of nitrogens with zero attached hydrogens (tertiary/aromatic N) is 4. The van der Waals surface area contributed by atoms with Gasteiger partial charge in [0, 0.05) is 31.2 Å². The zero-order valence-corrected chi connectivity index (χ0v) is 16.8. The summed E-state index contributed by atoms with van der Waals surface area (Å²) >= 11 is 0. The quantitative estimate of drug-likeness (QED) is 0.665. The van der Waals surface area contributed by atoms with Crippen molar-refractivity contribution < 1.29 is 18.6 Å². The Morgan fingerprint density at radius 3 is 2.90 bits per heavy atom. The molecule has 2 aromatic heterocycles. The predicted octanol–water partition coefficient (Wildman–Crippen LogP) is 3.15. The monoisotopic (exact) mass is 413 g/mol. The van der Waals surface area contributed by atoms with Crippen LogP contribution in [0.15, 0.2) is 24.7 Å². The third-order valence-corrected chi connectivity index (χ3v) is 5.91. The normalized spacial score (nSPS) is 20.7. The van der Waals surface area contributed by atoms with Gasteiger partial charge in [0.2, 0.25) is 11.6 Å². The lowest BCUT2D eigenvalue weighted by Crippen LogP contribution is -2.28. The van der Waals surface area contributed by atoms with Crippen molar-refractivity contribution >= 4 is 11.6 Å². The third-order valence-electron chi connectivity index (χ3n) is 5.91. The minimum absolute atomic E-state index is 0.110. The second-order valence-electron chi connectivity index (χ2n) is 7.68. The van der Waals surface area contributed by atoms with Crippen LogP contribution in [0.1, 0.15) is 36.8 Å². The molecule has 0 unspecified atom stereocenters. The molecule has 0 saturated heterocycles. The lowest BCUT2D eigenvalue weighted by Gasteiger charge is -2.28. The molecule has 0 spiro atoms. The number of rotatable bonds is 6.